The molecule has 10 N–H and O–H groups in total. The lowest BCUT2D eigenvalue weighted by Crippen LogP contribution is -2.60. The first-order valence-electron chi connectivity index (χ1n) is 38.0. The Kier molecular flexibility index (Phi) is 37.2. The summed E-state index contributed by atoms with van der Waals surface area (Å²) in [6, 6.07) is 9.34. The Morgan fingerprint density at radius 1 is 0.663 bits per heavy atom. The Bertz CT molecular complexity index is 3100. The quantitative estimate of drug-likeness (QED) is 0.0308. The third-order valence-electron chi connectivity index (χ3n) is 20.9. The van der Waals surface area contributed by atoms with Crippen LogP contribution in [0.3, 0.4) is 0 Å². The van der Waals surface area contributed by atoms with Crippen molar-refractivity contribution in [2.75, 3.05) is 66.9 Å². The van der Waals surface area contributed by atoms with E-state index in [1.165, 1.54) is 14.2 Å². The van der Waals surface area contributed by atoms with Crippen LogP contribution in [0, 0.1) is 40.9 Å². The highest BCUT2D eigenvalue weighted by atomic mass is 16.5. The zero-order valence-electron chi connectivity index (χ0n) is 65.7. The van der Waals surface area contributed by atoms with Crippen molar-refractivity contribution in [3.05, 3.63) is 65.7 Å². The van der Waals surface area contributed by atoms with Crippen LogP contribution >= 0.6 is 0 Å². The van der Waals surface area contributed by atoms with E-state index in [1.54, 1.807) is 66.8 Å². The molecule has 2 aromatic rings. The van der Waals surface area contributed by atoms with E-state index in [2.05, 4.69) is 77.2 Å². The fourth-order valence-corrected chi connectivity index (χ4v) is 14.9. The number of anilines is 1. The number of rotatable bonds is 43. The fourth-order valence-electron chi connectivity index (χ4n) is 14.9. The van der Waals surface area contributed by atoms with E-state index >= 15 is 0 Å². The topological polar surface area (TPSA) is 341 Å². The summed E-state index contributed by atoms with van der Waals surface area (Å²) in [5.74, 6) is -5.08. The van der Waals surface area contributed by atoms with E-state index in [0.717, 1.165) is 31.2 Å². The number of nitrogens with one attached hydrogen (secondary N) is 8. The number of hydrogen-bond acceptors (Lipinski definition) is 14. The number of urea groups is 1. The van der Waals surface area contributed by atoms with Crippen molar-refractivity contribution in [3.63, 3.8) is 0 Å². The number of ether oxygens (including phenoxy) is 2. The summed E-state index contributed by atoms with van der Waals surface area (Å²) in [6.07, 6.45) is 5.29. The number of piperidine rings is 1. The van der Waals surface area contributed by atoms with Gasteiger partial charge in [0.25, 0.3) is 0 Å². The summed E-state index contributed by atoms with van der Waals surface area (Å²) in [5, 5.41) is 23.0. The normalized spacial score (nSPS) is 18.6. The van der Waals surface area contributed by atoms with Gasteiger partial charge in [-0.3, -0.25) is 52.8 Å². The zero-order chi connectivity index (χ0) is 77.7. The second kappa shape index (κ2) is 43.7. The van der Waals surface area contributed by atoms with Gasteiger partial charge in [-0.25, -0.2) is 4.79 Å². The molecule has 2 aromatic carbocycles. The van der Waals surface area contributed by atoms with Crippen LogP contribution in [-0.2, 0) is 70.4 Å². The number of methoxy groups -OCH3 is 2. The van der Waals surface area contributed by atoms with Crippen LogP contribution in [0.4, 0.5) is 10.5 Å². The second-order valence-electron chi connectivity index (χ2n) is 30.7. The van der Waals surface area contributed by atoms with Crippen molar-refractivity contribution in [1.29, 1.82) is 0 Å². The first-order valence-corrected chi connectivity index (χ1v) is 38.0. The lowest BCUT2D eigenvalue weighted by molar-refractivity contribution is -0.148. The summed E-state index contributed by atoms with van der Waals surface area (Å²) >= 11 is 0. The number of primary amides is 1. The molecule has 0 saturated carbocycles. The first kappa shape index (κ1) is 88.7. The minimum atomic E-state index is -1.13. The van der Waals surface area contributed by atoms with E-state index in [1.807, 2.05) is 83.9 Å². The zero-order valence-corrected chi connectivity index (χ0v) is 65.7. The van der Waals surface area contributed by atoms with Crippen molar-refractivity contribution < 1.29 is 62.2 Å². The molecule has 14 atom stereocenters. The molecule has 12 amide bonds. The maximum atomic E-state index is 14.7. The van der Waals surface area contributed by atoms with Gasteiger partial charge in [-0.1, -0.05) is 145 Å². The number of carbonyl (C=O) groups excluding carboxylic acids is 11. The van der Waals surface area contributed by atoms with Crippen molar-refractivity contribution in [2.24, 2.45) is 46.7 Å². The van der Waals surface area contributed by atoms with Gasteiger partial charge >= 0.3 is 6.03 Å². The van der Waals surface area contributed by atoms with Gasteiger partial charge in [-0.05, 0) is 125 Å². The second-order valence-corrected chi connectivity index (χ2v) is 30.7. The molecule has 0 aromatic heterocycles. The Balaban J connectivity index is 1.42. The molecule has 2 heterocycles. The third kappa shape index (κ3) is 27.0. The van der Waals surface area contributed by atoms with E-state index in [4.69, 9.17) is 15.2 Å². The van der Waals surface area contributed by atoms with Crippen LogP contribution in [0.1, 0.15) is 191 Å². The Morgan fingerprint density at radius 2 is 1.32 bits per heavy atom. The Morgan fingerprint density at radius 3 is 1.89 bits per heavy atom. The van der Waals surface area contributed by atoms with Crippen LogP contribution in [0.25, 0.3) is 0 Å². The number of carbonyl (C=O) groups is 11. The summed E-state index contributed by atoms with van der Waals surface area (Å²) in [6.45, 7) is 27.0. The van der Waals surface area contributed by atoms with Gasteiger partial charge in [-0.15, -0.1) is 0 Å². The van der Waals surface area contributed by atoms with Crippen molar-refractivity contribution in [1.82, 2.24) is 56.8 Å². The smallest absolute Gasteiger partial charge is 0.312 e. The summed E-state index contributed by atoms with van der Waals surface area (Å²) in [4.78, 5) is 159. The molecule has 2 aliphatic rings. The van der Waals surface area contributed by atoms with E-state index in [-0.39, 0.29) is 110 Å². The van der Waals surface area contributed by atoms with Gasteiger partial charge in [0.2, 0.25) is 59.1 Å². The van der Waals surface area contributed by atoms with Crippen molar-refractivity contribution >= 4 is 70.8 Å². The highest BCUT2D eigenvalue weighted by molar-refractivity contribution is 5.99. The highest BCUT2D eigenvalue weighted by Gasteiger charge is 2.45. The molecular weight excluding hydrogens is 1330 g/mol. The SMILES string of the molecule is CCCC(C)CNC(=O)[C@H]1CCN(C(=O)CCC(=O)N[C@H](C(=O)N[C@@H](CCCNC(N)=O)C(=O)Nc2ccc(CNC(=O)[C@H](Cc3ccccc3)NC(=O)[C@H](C)[C@@H](OC)[C@@H]3CCCN3C(=O)C[C@@H](OC)[C@H]([C@@H](C)CC)N(C)C(=O)[C@@H](NC(=O)[C@@H](N(C)C)C(C)(C)CCC)C(C)C)cc2)C(C)C)[C@@H](C)C1. The standard InChI is InChI=1S/C78H129N13O13/c1-19-27-50(8)46-81-71(96)56-38-42-90(52(10)43-56)63(93)37-36-62(92)86-65(48(4)5)74(99)84-58(30-25-40-80-77(79)102)73(98)83-57-34-32-55(33-35-57)47-82-72(97)59(44-54-28-23-22-24-29-54)85-70(95)53(11)68(104-18)60-31-26-41-91(60)64(94)45-61(103-17)67(51(9)21-3)89(16)76(101)66(49(6)7)87-75(100)69(88(14)15)78(12,13)39-20-2/h22-24,28-29,32-35,48-53,56,58-61,65-69H,19-21,25-27,30-31,36-47H2,1-18H3,(H,81,96)(H,82,97)(H,83,98)(H,84,99)(H,85,95)(H,86,92)(H,87,100)(H3,79,80,102)/t50?,51-,52-,53+,56-,58-,59-,60-,61+,65-,66-,67-,68+,69+/m0/s1. The largest absolute Gasteiger partial charge is 0.379 e. The number of nitrogens with two attached hydrogens (primary N) is 1. The van der Waals surface area contributed by atoms with Crippen LogP contribution in [-0.4, -0.2) is 207 Å². The molecule has 26 nitrogen and oxygen atoms in total. The Labute approximate surface area is 619 Å². The molecule has 0 aliphatic carbocycles. The maximum absolute atomic E-state index is 14.7. The van der Waals surface area contributed by atoms with Crippen molar-refractivity contribution in [3.8, 4) is 0 Å². The molecule has 4 rings (SSSR count). The molecule has 0 radical (unpaired) electrons. The van der Waals surface area contributed by atoms with E-state index < -0.39 is 102 Å². The molecule has 1 unspecified atom stereocenters. The number of benzene rings is 2. The van der Waals surface area contributed by atoms with Gasteiger partial charge in [0, 0.05) is 90.9 Å². The number of nitrogens with zero attached hydrogens (tertiary/aromatic N) is 4. The molecule has 2 aliphatic heterocycles. The molecule has 0 bridgehead atoms. The maximum Gasteiger partial charge on any atom is 0.312 e. The van der Waals surface area contributed by atoms with Crippen molar-refractivity contribution in [2.45, 2.75) is 253 Å². The molecular formula is C78H129N13O13. The minimum absolute atomic E-state index is 0.00276. The van der Waals surface area contributed by atoms with Crippen LogP contribution in [0.5, 0.6) is 0 Å². The first-order chi connectivity index (χ1) is 49.1. The molecule has 0 spiro atoms. The number of likely N-dealkylation sites (N-methyl/N-ethyl adjacent to an activating group) is 2. The summed E-state index contributed by atoms with van der Waals surface area (Å²) in [7, 11) is 8.51. The number of amides is 12. The summed E-state index contributed by atoms with van der Waals surface area (Å²) < 4.78 is 12.3. The van der Waals surface area contributed by atoms with Gasteiger partial charge in [-0.2, -0.15) is 0 Å². The molecule has 104 heavy (non-hydrogen) atoms. The average molecular weight is 1460 g/mol. The van der Waals surface area contributed by atoms with Gasteiger partial charge in [0.05, 0.1) is 42.7 Å². The van der Waals surface area contributed by atoms with E-state index in [9.17, 15) is 52.7 Å². The highest BCUT2D eigenvalue weighted by Crippen LogP contribution is 2.33. The van der Waals surface area contributed by atoms with Crippen LogP contribution in [0.2, 0.25) is 0 Å². The Hall–Kier alpha value is -7.71. The number of hydrogen-bond donors (Lipinski definition) is 9. The molecule has 2 saturated heterocycles. The minimum Gasteiger partial charge on any atom is -0.379 e. The molecule has 2 fully saturated rings. The number of likely N-dealkylation sites (tertiary alicyclic amines) is 2. The third-order valence-corrected chi connectivity index (χ3v) is 20.9. The molecule has 584 valence electrons. The van der Waals surface area contributed by atoms with Gasteiger partial charge in [0.1, 0.15) is 24.2 Å². The van der Waals surface area contributed by atoms with E-state index in [0.29, 0.717) is 68.9 Å². The van der Waals surface area contributed by atoms with Crippen LogP contribution in [0.15, 0.2) is 54.6 Å². The van der Waals surface area contributed by atoms with Crippen LogP contribution < -0.4 is 48.3 Å². The summed E-state index contributed by atoms with van der Waals surface area (Å²) in [5.41, 5.74) is 6.74. The fraction of sp³-hybridized carbons (Fsp3) is 0.705. The molecule has 26 heteroatoms. The van der Waals surface area contributed by atoms with Gasteiger partial charge in [0.15, 0.2) is 0 Å². The monoisotopic (exact) mass is 1460 g/mol. The van der Waals surface area contributed by atoms with Gasteiger partial charge < -0.3 is 72.4 Å². The predicted molar refractivity (Wildman–Crippen MR) is 404 cm³/mol. The lowest BCUT2D eigenvalue weighted by Gasteiger charge is -2.42. The predicted octanol–water partition coefficient (Wildman–Crippen LogP) is 6.82. The average Bonchev–Trinajstić information content (AvgIpc) is 1.26. The lowest BCUT2D eigenvalue weighted by atomic mass is 9.79.